The van der Waals surface area contributed by atoms with Gasteiger partial charge in [0.05, 0.1) is 32.0 Å². The Morgan fingerprint density at radius 2 is 1.78 bits per heavy atom. The van der Waals surface area contributed by atoms with Crippen LogP contribution in [0.4, 0.5) is 0 Å². The van der Waals surface area contributed by atoms with Crippen molar-refractivity contribution >= 4 is 23.7 Å². The van der Waals surface area contributed by atoms with Crippen LogP contribution >= 0.6 is 0 Å². The predicted octanol–water partition coefficient (Wildman–Crippen LogP) is 5.92. The molecule has 222 valence electrons. The Bertz CT molecular complexity index is 1330. The number of ketones is 1. The molecule has 41 heavy (non-hydrogen) atoms. The number of fused-ring (bicyclic) bond motifs is 6. The molecule has 0 N–H and O–H groups in total. The number of ether oxygens (including phenoxy) is 3. The van der Waals surface area contributed by atoms with Gasteiger partial charge in [-0.25, -0.2) is 4.79 Å². The summed E-state index contributed by atoms with van der Waals surface area (Å²) in [5, 5.41) is 0. The smallest absolute Gasteiger partial charge is 0.333 e. The Hall–Kier alpha value is -3.16. The number of allylic oxidation sites excluding steroid dienone is 2. The van der Waals surface area contributed by atoms with Crippen molar-refractivity contribution in [2.75, 3.05) is 7.11 Å². The van der Waals surface area contributed by atoms with E-state index in [-0.39, 0.29) is 36.4 Å². The first kappa shape index (κ1) is 29.3. The molecule has 1 aliphatic heterocycles. The molecule has 3 fully saturated rings. The van der Waals surface area contributed by atoms with Crippen molar-refractivity contribution in [3.05, 3.63) is 47.0 Å². The molecule has 2 heterocycles. The lowest BCUT2D eigenvalue weighted by Crippen LogP contribution is -2.66. The fraction of sp³-hybridized carbons (Fsp3) is 0.636. The van der Waals surface area contributed by atoms with Crippen LogP contribution in [0.2, 0.25) is 0 Å². The van der Waals surface area contributed by atoms with Crippen molar-refractivity contribution in [2.24, 2.45) is 39.9 Å². The number of Topliss-reactive ketones (excluding diaryl/α,β-unsaturated/α-hetero) is 1. The fourth-order valence-electron chi connectivity index (χ4n) is 8.56. The molecule has 0 amide bonds. The van der Waals surface area contributed by atoms with Crippen molar-refractivity contribution < 1.29 is 37.8 Å². The molecule has 8 unspecified atom stereocenters. The van der Waals surface area contributed by atoms with Gasteiger partial charge in [-0.3, -0.25) is 14.4 Å². The highest BCUT2D eigenvalue weighted by atomic mass is 16.6. The standard InChI is InChI=1S/C33H42O8/c1-17(2)18(3)30(37)41-29-21-13-20-22(33(7,27(21)36)24(31(29,4)5)15-25(34)38-8)9-11-32(6)23(20)14-26(35)40-28(32)19-10-12-39-16-19/h10,12-13,16,21-24,28-29H,9,11,14-15H2,1-8H3. The van der Waals surface area contributed by atoms with Gasteiger partial charge in [-0.15, -0.1) is 0 Å². The first-order valence-electron chi connectivity index (χ1n) is 14.6. The van der Waals surface area contributed by atoms with Crippen molar-refractivity contribution in [2.45, 2.75) is 86.4 Å². The van der Waals surface area contributed by atoms with Crippen molar-refractivity contribution in [3.63, 3.8) is 0 Å². The quantitative estimate of drug-likeness (QED) is 0.187. The maximum Gasteiger partial charge on any atom is 0.333 e. The van der Waals surface area contributed by atoms with Gasteiger partial charge in [-0.05, 0) is 57.4 Å². The summed E-state index contributed by atoms with van der Waals surface area (Å²) >= 11 is 0. The number of rotatable bonds is 5. The number of carbonyl (C=O) groups excluding carboxylic acids is 4. The fourth-order valence-corrected chi connectivity index (χ4v) is 8.56. The summed E-state index contributed by atoms with van der Waals surface area (Å²) in [6.45, 7) is 13.5. The van der Waals surface area contributed by atoms with Gasteiger partial charge in [0.25, 0.3) is 0 Å². The van der Waals surface area contributed by atoms with E-state index in [1.54, 1.807) is 19.5 Å². The minimum Gasteiger partial charge on any atom is -0.472 e. The number of hydrogen-bond acceptors (Lipinski definition) is 8. The van der Waals surface area contributed by atoms with Crippen LogP contribution in [-0.4, -0.2) is 36.9 Å². The van der Waals surface area contributed by atoms with Gasteiger partial charge >= 0.3 is 17.9 Å². The van der Waals surface area contributed by atoms with Gasteiger partial charge in [0.2, 0.25) is 0 Å². The van der Waals surface area contributed by atoms with E-state index in [0.717, 1.165) is 23.1 Å². The lowest BCUT2D eigenvalue weighted by molar-refractivity contribution is -0.195. The zero-order valence-electron chi connectivity index (χ0n) is 25.4. The second kappa shape index (κ2) is 9.99. The molecular formula is C33H42O8. The van der Waals surface area contributed by atoms with Crippen LogP contribution in [0.25, 0.3) is 0 Å². The zero-order valence-corrected chi connectivity index (χ0v) is 25.4. The minimum atomic E-state index is -0.908. The Labute approximate surface area is 241 Å². The SMILES string of the molecule is COC(=O)CC1C(C)(C)C(OC(=O)C(C)=C(C)C)C2C=C3C4CC(=O)OC(c5ccoc5)C4(C)CCC3C1(C)C2=O. The molecule has 0 radical (unpaired) electrons. The summed E-state index contributed by atoms with van der Waals surface area (Å²) in [6, 6.07) is 1.84. The number of cyclic esters (lactones) is 1. The Balaban J connectivity index is 1.66. The summed E-state index contributed by atoms with van der Waals surface area (Å²) in [5.74, 6) is -2.66. The molecule has 0 aromatic carbocycles. The van der Waals surface area contributed by atoms with Gasteiger partial charge in [-0.2, -0.15) is 0 Å². The molecule has 1 saturated heterocycles. The molecule has 2 bridgehead atoms. The topological polar surface area (TPSA) is 109 Å². The number of carbonyl (C=O) groups is 4. The van der Waals surface area contributed by atoms with Crippen LogP contribution in [0.1, 0.15) is 85.8 Å². The highest BCUT2D eigenvalue weighted by Gasteiger charge is 2.69. The largest absolute Gasteiger partial charge is 0.472 e. The molecule has 3 aliphatic carbocycles. The Morgan fingerprint density at radius 3 is 2.39 bits per heavy atom. The van der Waals surface area contributed by atoms with Gasteiger partial charge in [0.1, 0.15) is 18.0 Å². The van der Waals surface area contributed by atoms with Crippen LogP contribution in [0.15, 0.2) is 45.8 Å². The predicted molar refractivity (Wildman–Crippen MR) is 149 cm³/mol. The molecule has 0 spiro atoms. The van der Waals surface area contributed by atoms with Crippen LogP contribution < -0.4 is 0 Å². The molecule has 1 aromatic heterocycles. The van der Waals surface area contributed by atoms with E-state index in [2.05, 4.69) is 6.92 Å². The van der Waals surface area contributed by atoms with Crippen LogP contribution in [0, 0.1) is 39.9 Å². The molecule has 4 aliphatic rings. The number of furan rings is 1. The summed E-state index contributed by atoms with van der Waals surface area (Å²) in [7, 11) is 1.35. The Morgan fingerprint density at radius 1 is 1.07 bits per heavy atom. The van der Waals surface area contributed by atoms with Crippen molar-refractivity contribution in [1.82, 2.24) is 0 Å². The highest BCUT2D eigenvalue weighted by molar-refractivity contribution is 5.94. The van der Waals surface area contributed by atoms with E-state index in [0.29, 0.717) is 12.0 Å². The average molecular weight is 567 g/mol. The first-order valence-corrected chi connectivity index (χ1v) is 14.6. The summed E-state index contributed by atoms with van der Waals surface area (Å²) < 4.78 is 22.6. The monoisotopic (exact) mass is 566 g/mol. The molecule has 5 rings (SSSR count). The van der Waals surface area contributed by atoms with Gasteiger partial charge < -0.3 is 18.6 Å². The first-order chi connectivity index (χ1) is 19.2. The Kier molecular flexibility index (Phi) is 7.14. The van der Waals surface area contributed by atoms with E-state index >= 15 is 0 Å². The van der Waals surface area contributed by atoms with Crippen LogP contribution in [-0.2, 0) is 33.4 Å². The summed E-state index contributed by atoms with van der Waals surface area (Å²) in [5.41, 5.74) is 1.15. The zero-order chi connectivity index (χ0) is 30.1. The molecular weight excluding hydrogens is 524 g/mol. The van der Waals surface area contributed by atoms with Crippen LogP contribution in [0.3, 0.4) is 0 Å². The van der Waals surface area contributed by atoms with E-state index in [9.17, 15) is 19.2 Å². The van der Waals surface area contributed by atoms with Crippen molar-refractivity contribution in [3.8, 4) is 0 Å². The van der Waals surface area contributed by atoms with Crippen LogP contribution in [0.5, 0.6) is 0 Å². The maximum absolute atomic E-state index is 14.5. The summed E-state index contributed by atoms with van der Waals surface area (Å²) in [6.07, 6.45) is 5.62. The third kappa shape index (κ3) is 4.31. The molecule has 2 saturated carbocycles. The molecule has 1 aromatic rings. The third-order valence-corrected chi connectivity index (χ3v) is 11.1. The normalized spacial score (nSPS) is 37.1. The second-order valence-corrected chi connectivity index (χ2v) is 13.7. The number of methoxy groups -OCH3 is 1. The molecule has 8 nitrogen and oxygen atoms in total. The highest BCUT2D eigenvalue weighted by Crippen LogP contribution is 2.68. The second-order valence-electron chi connectivity index (χ2n) is 13.7. The van der Waals surface area contributed by atoms with Gasteiger partial charge in [0, 0.05) is 33.8 Å². The maximum atomic E-state index is 14.5. The van der Waals surface area contributed by atoms with E-state index in [1.807, 2.05) is 46.8 Å². The van der Waals surface area contributed by atoms with E-state index < -0.39 is 52.2 Å². The van der Waals surface area contributed by atoms with Crippen molar-refractivity contribution in [1.29, 1.82) is 0 Å². The molecule has 8 atom stereocenters. The van der Waals surface area contributed by atoms with E-state index in [4.69, 9.17) is 18.6 Å². The van der Waals surface area contributed by atoms with Gasteiger partial charge in [-0.1, -0.05) is 44.9 Å². The number of hydrogen-bond donors (Lipinski definition) is 0. The average Bonchev–Trinajstić information content (AvgIpc) is 3.45. The molecule has 8 heteroatoms. The minimum absolute atomic E-state index is 0.0134. The lowest BCUT2D eigenvalue weighted by atomic mass is 9.40. The summed E-state index contributed by atoms with van der Waals surface area (Å²) in [4.78, 5) is 53.7. The lowest BCUT2D eigenvalue weighted by Gasteiger charge is -2.63. The third-order valence-electron chi connectivity index (χ3n) is 11.1. The number of esters is 3. The van der Waals surface area contributed by atoms with E-state index in [1.165, 1.54) is 7.11 Å². The van der Waals surface area contributed by atoms with Gasteiger partial charge in [0.15, 0.2) is 0 Å².